The van der Waals surface area contributed by atoms with E-state index >= 15 is 0 Å². The van der Waals surface area contributed by atoms with Gasteiger partial charge in [-0.25, -0.2) is 4.98 Å². The molecule has 0 aliphatic rings. The molecule has 126 valence electrons. The summed E-state index contributed by atoms with van der Waals surface area (Å²) in [7, 11) is 0. The van der Waals surface area contributed by atoms with E-state index < -0.39 is 0 Å². The average molecular weight is 345 g/mol. The first-order valence-electron chi connectivity index (χ1n) is 7.62. The first-order chi connectivity index (χ1) is 11.5. The summed E-state index contributed by atoms with van der Waals surface area (Å²) in [5, 5.41) is 3.13. The van der Waals surface area contributed by atoms with Crippen LogP contribution >= 0.6 is 11.8 Å². The Hall–Kier alpha value is -2.41. The van der Waals surface area contributed by atoms with Gasteiger partial charge in [-0.15, -0.1) is 0 Å². The number of anilines is 1. The number of ketones is 1. The van der Waals surface area contributed by atoms with E-state index in [0.29, 0.717) is 22.1 Å². The molecule has 0 unspecified atom stereocenters. The Balaban J connectivity index is 2.02. The van der Waals surface area contributed by atoms with Gasteiger partial charge in [0.05, 0.1) is 11.4 Å². The SMILES string of the molecule is CCCc1cc(=O)[nH]c(SCC(=O)Nc2ccccc2C(C)=O)n1. The van der Waals surface area contributed by atoms with Gasteiger partial charge in [-0.3, -0.25) is 14.4 Å². The third-order valence-electron chi connectivity index (χ3n) is 3.20. The minimum Gasteiger partial charge on any atom is -0.325 e. The van der Waals surface area contributed by atoms with Gasteiger partial charge in [0.2, 0.25) is 5.91 Å². The van der Waals surface area contributed by atoms with Gasteiger partial charge in [0, 0.05) is 17.3 Å². The predicted octanol–water partition coefficient (Wildman–Crippen LogP) is 2.66. The standard InChI is InChI=1S/C17H19N3O3S/c1-3-6-12-9-15(22)20-17(18-12)24-10-16(23)19-14-8-5-4-7-13(14)11(2)21/h4-5,7-9H,3,6,10H2,1-2H3,(H,19,23)(H,18,20,22). The number of Topliss-reactive ketones (excluding diaryl/α,β-unsaturated/α-hetero) is 1. The maximum absolute atomic E-state index is 12.1. The number of para-hydroxylation sites is 1. The second kappa shape index (κ2) is 8.44. The van der Waals surface area contributed by atoms with E-state index in [1.165, 1.54) is 13.0 Å². The molecule has 0 saturated carbocycles. The van der Waals surface area contributed by atoms with E-state index in [1.807, 2.05) is 6.92 Å². The number of nitrogens with one attached hydrogen (secondary N) is 2. The number of benzene rings is 1. The maximum atomic E-state index is 12.1. The smallest absolute Gasteiger partial charge is 0.251 e. The van der Waals surface area contributed by atoms with Crippen LogP contribution in [-0.4, -0.2) is 27.4 Å². The van der Waals surface area contributed by atoms with Crippen molar-refractivity contribution in [2.45, 2.75) is 31.8 Å². The number of rotatable bonds is 7. The van der Waals surface area contributed by atoms with Crippen LogP contribution in [0.1, 0.15) is 36.3 Å². The first kappa shape index (κ1) is 17.9. The first-order valence-corrected chi connectivity index (χ1v) is 8.61. The second-order valence-electron chi connectivity index (χ2n) is 5.23. The van der Waals surface area contributed by atoms with Crippen LogP contribution in [0.25, 0.3) is 0 Å². The zero-order valence-electron chi connectivity index (χ0n) is 13.6. The lowest BCUT2D eigenvalue weighted by Crippen LogP contribution is -2.17. The number of aromatic amines is 1. The fraction of sp³-hybridized carbons (Fsp3) is 0.294. The van der Waals surface area contributed by atoms with Crippen LogP contribution in [0, 0.1) is 0 Å². The predicted molar refractivity (Wildman–Crippen MR) is 94.7 cm³/mol. The quantitative estimate of drug-likeness (QED) is 0.457. The average Bonchev–Trinajstić information content (AvgIpc) is 2.53. The van der Waals surface area contributed by atoms with Crippen molar-refractivity contribution in [3.05, 3.63) is 51.9 Å². The Labute approximate surface area is 144 Å². The molecule has 1 heterocycles. The van der Waals surface area contributed by atoms with Crippen LogP contribution < -0.4 is 10.9 Å². The number of H-pyrrole nitrogens is 1. The molecule has 7 heteroatoms. The molecule has 1 aromatic carbocycles. The lowest BCUT2D eigenvalue weighted by molar-refractivity contribution is -0.113. The molecular formula is C17H19N3O3S. The molecule has 0 bridgehead atoms. The van der Waals surface area contributed by atoms with Gasteiger partial charge in [-0.1, -0.05) is 37.2 Å². The van der Waals surface area contributed by atoms with Gasteiger partial charge >= 0.3 is 0 Å². The van der Waals surface area contributed by atoms with Crippen molar-refractivity contribution in [1.82, 2.24) is 9.97 Å². The van der Waals surface area contributed by atoms with Crippen LogP contribution in [0.2, 0.25) is 0 Å². The molecule has 2 N–H and O–H groups in total. The number of aryl methyl sites for hydroxylation is 1. The minimum absolute atomic E-state index is 0.0881. The summed E-state index contributed by atoms with van der Waals surface area (Å²) in [6, 6.07) is 8.31. The molecule has 1 aromatic heterocycles. The van der Waals surface area contributed by atoms with E-state index in [-0.39, 0.29) is 23.0 Å². The molecule has 2 rings (SSSR count). The lowest BCUT2D eigenvalue weighted by Gasteiger charge is -2.08. The zero-order chi connectivity index (χ0) is 17.5. The molecule has 0 radical (unpaired) electrons. The van der Waals surface area contributed by atoms with Crippen LogP contribution in [0.4, 0.5) is 5.69 Å². The van der Waals surface area contributed by atoms with E-state index in [0.717, 1.165) is 24.6 Å². The van der Waals surface area contributed by atoms with Crippen LogP contribution in [-0.2, 0) is 11.2 Å². The number of hydrogen-bond donors (Lipinski definition) is 2. The van der Waals surface area contributed by atoms with E-state index in [2.05, 4.69) is 15.3 Å². The summed E-state index contributed by atoms with van der Waals surface area (Å²) in [5.41, 5.74) is 1.44. The van der Waals surface area contributed by atoms with Gasteiger partial charge in [-0.05, 0) is 25.5 Å². The Morgan fingerprint density at radius 3 is 2.75 bits per heavy atom. The summed E-state index contributed by atoms with van der Waals surface area (Å²) >= 11 is 1.15. The van der Waals surface area contributed by atoms with Gasteiger partial charge < -0.3 is 10.3 Å². The zero-order valence-corrected chi connectivity index (χ0v) is 14.4. The monoisotopic (exact) mass is 345 g/mol. The van der Waals surface area contributed by atoms with Crippen molar-refractivity contribution in [3.8, 4) is 0 Å². The van der Waals surface area contributed by atoms with Crippen LogP contribution in [0.15, 0.2) is 40.3 Å². The highest BCUT2D eigenvalue weighted by Gasteiger charge is 2.11. The topological polar surface area (TPSA) is 91.9 Å². The fourth-order valence-electron chi connectivity index (χ4n) is 2.16. The number of hydrogen-bond acceptors (Lipinski definition) is 5. The molecular weight excluding hydrogens is 326 g/mol. The lowest BCUT2D eigenvalue weighted by atomic mass is 10.1. The molecule has 0 atom stereocenters. The highest BCUT2D eigenvalue weighted by atomic mass is 32.2. The Morgan fingerprint density at radius 1 is 1.29 bits per heavy atom. The summed E-state index contributed by atoms with van der Waals surface area (Å²) in [6.45, 7) is 3.46. The molecule has 0 fully saturated rings. The number of nitrogens with zero attached hydrogens (tertiary/aromatic N) is 1. The van der Waals surface area contributed by atoms with Crippen molar-refractivity contribution >= 4 is 29.1 Å². The number of thioether (sulfide) groups is 1. The van der Waals surface area contributed by atoms with Gasteiger partial charge in [0.15, 0.2) is 10.9 Å². The molecule has 0 spiro atoms. The number of carbonyl (C=O) groups is 2. The van der Waals surface area contributed by atoms with Crippen LogP contribution in [0.5, 0.6) is 0 Å². The number of aromatic nitrogens is 2. The molecule has 1 amide bonds. The van der Waals surface area contributed by atoms with Crippen molar-refractivity contribution < 1.29 is 9.59 Å². The molecule has 6 nitrogen and oxygen atoms in total. The summed E-state index contributed by atoms with van der Waals surface area (Å²) < 4.78 is 0. The third-order valence-corrected chi connectivity index (χ3v) is 4.07. The summed E-state index contributed by atoms with van der Waals surface area (Å²) in [4.78, 5) is 42.2. The van der Waals surface area contributed by atoms with Crippen molar-refractivity contribution in [1.29, 1.82) is 0 Å². The third kappa shape index (κ3) is 5.06. The minimum atomic E-state index is -0.266. The molecule has 0 saturated heterocycles. The van der Waals surface area contributed by atoms with Gasteiger partial charge in [0.1, 0.15) is 0 Å². The fourth-order valence-corrected chi connectivity index (χ4v) is 2.85. The Bertz CT molecular complexity index is 802. The highest BCUT2D eigenvalue weighted by Crippen LogP contribution is 2.17. The Kier molecular flexibility index (Phi) is 6.31. The number of amides is 1. The largest absolute Gasteiger partial charge is 0.325 e. The van der Waals surface area contributed by atoms with E-state index in [1.54, 1.807) is 24.3 Å². The van der Waals surface area contributed by atoms with E-state index in [4.69, 9.17) is 0 Å². The summed E-state index contributed by atoms with van der Waals surface area (Å²) in [6.07, 6.45) is 1.61. The maximum Gasteiger partial charge on any atom is 0.251 e. The van der Waals surface area contributed by atoms with Crippen molar-refractivity contribution in [3.63, 3.8) is 0 Å². The van der Waals surface area contributed by atoms with E-state index in [9.17, 15) is 14.4 Å². The molecule has 0 aliphatic heterocycles. The van der Waals surface area contributed by atoms with Gasteiger partial charge in [-0.2, -0.15) is 0 Å². The summed E-state index contributed by atoms with van der Waals surface area (Å²) in [5.74, 6) is -0.292. The molecule has 0 aliphatic carbocycles. The second-order valence-corrected chi connectivity index (χ2v) is 6.19. The highest BCUT2D eigenvalue weighted by molar-refractivity contribution is 7.99. The molecule has 2 aromatic rings. The normalized spacial score (nSPS) is 10.4. The Morgan fingerprint density at radius 2 is 2.04 bits per heavy atom. The number of carbonyl (C=O) groups excluding carboxylic acids is 2. The van der Waals surface area contributed by atoms with Crippen LogP contribution in [0.3, 0.4) is 0 Å². The van der Waals surface area contributed by atoms with Gasteiger partial charge in [0.25, 0.3) is 5.56 Å². The molecule has 24 heavy (non-hydrogen) atoms. The van der Waals surface area contributed by atoms with Crippen molar-refractivity contribution in [2.75, 3.05) is 11.1 Å². The van der Waals surface area contributed by atoms with Crippen molar-refractivity contribution in [2.24, 2.45) is 0 Å².